The summed E-state index contributed by atoms with van der Waals surface area (Å²) in [5.74, 6) is 1.05. The number of carbonyl (C=O) groups is 2. The van der Waals surface area contributed by atoms with E-state index in [1.807, 2.05) is 9.30 Å². The molecule has 44 heavy (non-hydrogen) atoms. The first-order valence-electron chi connectivity index (χ1n) is 14.4. The number of hydrogen-bond acceptors (Lipinski definition) is 7. The van der Waals surface area contributed by atoms with Gasteiger partial charge in [-0.1, -0.05) is 24.3 Å². The fraction of sp³-hybridized carbons (Fsp3) is 0.367. The molecule has 14 heteroatoms. The summed E-state index contributed by atoms with van der Waals surface area (Å²) in [7, 11) is 0. The van der Waals surface area contributed by atoms with E-state index < -0.39 is 24.0 Å². The molecule has 3 aromatic heterocycles. The fourth-order valence-electron chi connectivity index (χ4n) is 5.97. The van der Waals surface area contributed by atoms with Crippen LogP contribution in [0.4, 0.5) is 29.6 Å². The molecule has 2 aliphatic heterocycles. The Labute approximate surface area is 250 Å². The first-order valence-corrected chi connectivity index (χ1v) is 14.4. The minimum absolute atomic E-state index is 0.0282. The highest BCUT2D eigenvalue weighted by atomic mass is 19.4. The van der Waals surface area contributed by atoms with E-state index in [0.717, 1.165) is 43.4 Å². The number of pyridine rings is 1. The molecule has 4 aromatic rings. The van der Waals surface area contributed by atoms with Gasteiger partial charge in [0.1, 0.15) is 22.9 Å². The van der Waals surface area contributed by atoms with Crippen LogP contribution in [0.25, 0.3) is 16.8 Å². The molecule has 0 bridgehead atoms. The van der Waals surface area contributed by atoms with Gasteiger partial charge in [-0.05, 0) is 38.3 Å². The molecular weight excluding hydrogens is 577 g/mol. The average molecular weight is 609 g/mol. The van der Waals surface area contributed by atoms with Crippen molar-refractivity contribution in [1.29, 1.82) is 0 Å². The number of hydrogen-bond donors (Lipinski definition) is 4. The lowest BCUT2D eigenvalue weighted by molar-refractivity contribution is -0.137. The van der Waals surface area contributed by atoms with E-state index in [1.54, 1.807) is 43.6 Å². The van der Waals surface area contributed by atoms with Crippen molar-refractivity contribution < 1.29 is 27.9 Å². The summed E-state index contributed by atoms with van der Waals surface area (Å²) >= 11 is 0. The first-order chi connectivity index (χ1) is 21.1. The monoisotopic (exact) mass is 608 g/mol. The van der Waals surface area contributed by atoms with Crippen LogP contribution < -0.4 is 16.0 Å². The van der Waals surface area contributed by atoms with Crippen LogP contribution in [0.2, 0.25) is 0 Å². The number of fused-ring (bicyclic) bond motifs is 2. The van der Waals surface area contributed by atoms with Crippen LogP contribution in [-0.2, 0) is 11.0 Å². The second kappa shape index (κ2) is 11.8. The van der Waals surface area contributed by atoms with Gasteiger partial charge in [0, 0.05) is 61.2 Å². The molecular formula is C30H31F3N8O3. The van der Waals surface area contributed by atoms with Crippen LogP contribution in [0.15, 0.2) is 55.0 Å². The highest BCUT2D eigenvalue weighted by Crippen LogP contribution is 2.38. The third kappa shape index (κ3) is 5.76. The number of nitrogens with zero attached hydrogens (tertiary/aromatic N) is 5. The Balaban J connectivity index is 1.33. The zero-order valence-electron chi connectivity index (χ0n) is 23.8. The van der Waals surface area contributed by atoms with E-state index >= 15 is 0 Å². The third-order valence-corrected chi connectivity index (χ3v) is 8.11. The lowest BCUT2D eigenvalue weighted by Gasteiger charge is -2.34. The standard InChI is InChI=1S/C30H31F3N8O3/c1-2-34-29(44)39-26-25-24(38-27(40(25)14-13-36-26)19-7-8-21-9-10-23(42)41(21)16-19)17-3-5-18(6-4-17)28(43)37-22-15-20(11-12-35-22)30(31,32)33/h3-6,11-15,19,21,28,43H,2,7-10,16H2,1H3,(H,35,37)(H2,34,36,39,44)/t19-,21?,28?/m1/s1. The van der Waals surface area contributed by atoms with Crippen LogP contribution in [0, 0.1) is 0 Å². The molecule has 0 saturated carbocycles. The molecule has 11 nitrogen and oxygen atoms in total. The summed E-state index contributed by atoms with van der Waals surface area (Å²) < 4.78 is 41.2. The number of rotatable bonds is 7. The van der Waals surface area contributed by atoms with Crippen molar-refractivity contribution >= 4 is 29.1 Å². The van der Waals surface area contributed by atoms with Crippen molar-refractivity contribution in [3.05, 3.63) is 71.9 Å². The normalized spacial score (nSPS) is 19.1. The zero-order chi connectivity index (χ0) is 31.0. The second-order valence-electron chi connectivity index (χ2n) is 10.9. The number of amides is 3. The van der Waals surface area contributed by atoms with Crippen LogP contribution in [0.1, 0.15) is 61.7 Å². The smallest absolute Gasteiger partial charge is 0.369 e. The van der Waals surface area contributed by atoms with E-state index in [0.29, 0.717) is 47.7 Å². The molecule has 6 rings (SSSR count). The van der Waals surface area contributed by atoms with E-state index in [2.05, 4.69) is 25.9 Å². The van der Waals surface area contributed by atoms with Crippen molar-refractivity contribution in [2.75, 3.05) is 23.7 Å². The summed E-state index contributed by atoms with van der Waals surface area (Å²) in [5, 5.41) is 18.8. The van der Waals surface area contributed by atoms with Gasteiger partial charge in [0.05, 0.1) is 5.56 Å². The molecule has 2 saturated heterocycles. The average Bonchev–Trinajstić information content (AvgIpc) is 3.58. The van der Waals surface area contributed by atoms with Gasteiger partial charge in [-0.15, -0.1) is 0 Å². The molecule has 0 aliphatic carbocycles. The fourth-order valence-corrected chi connectivity index (χ4v) is 5.97. The summed E-state index contributed by atoms with van der Waals surface area (Å²) in [6, 6.07) is 8.26. The molecule has 1 aromatic carbocycles. The Bertz CT molecular complexity index is 1690. The molecule has 2 unspecified atom stereocenters. The number of urea groups is 1. The number of aliphatic hydroxyl groups excluding tert-OH is 1. The largest absolute Gasteiger partial charge is 0.416 e. The summed E-state index contributed by atoms with van der Waals surface area (Å²) in [6.07, 6.45) is 1.70. The number of aliphatic hydroxyl groups is 1. The maximum absolute atomic E-state index is 13.1. The van der Waals surface area contributed by atoms with Gasteiger partial charge in [-0.3, -0.25) is 14.5 Å². The predicted octanol–water partition coefficient (Wildman–Crippen LogP) is 4.92. The molecule has 3 atom stereocenters. The molecule has 5 heterocycles. The van der Waals surface area contributed by atoms with Gasteiger partial charge >= 0.3 is 12.2 Å². The van der Waals surface area contributed by atoms with Crippen molar-refractivity contribution in [3.8, 4) is 11.3 Å². The van der Waals surface area contributed by atoms with Crippen LogP contribution in [0.5, 0.6) is 0 Å². The summed E-state index contributed by atoms with van der Waals surface area (Å²) in [4.78, 5) is 40.3. The predicted molar refractivity (Wildman–Crippen MR) is 156 cm³/mol. The maximum atomic E-state index is 13.1. The van der Waals surface area contributed by atoms with Crippen LogP contribution in [-0.4, -0.2) is 60.4 Å². The van der Waals surface area contributed by atoms with Crippen molar-refractivity contribution in [2.45, 2.75) is 57.0 Å². The lowest BCUT2D eigenvalue weighted by Crippen LogP contribution is -2.41. The van der Waals surface area contributed by atoms with E-state index in [-0.39, 0.29) is 23.7 Å². The summed E-state index contributed by atoms with van der Waals surface area (Å²) in [6.45, 7) is 2.79. The lowest BCUT2D eigenvalue weighted by atomic mass is 9.92. The second-order valence-corrected chi connectivity index (χ2v) is 10.9. The van der Waals surface area contributed by atoms with Crippen molar-refractivity contribution in [3.63, 3.8) is 0 Å². The summed E-state index contributed by atoms with van der Waals surface area (Å²) in [5.41, 5.74) is 1.29. The molecule has 3 amide bonds. The Hall–Kier alpha value is -4.72. The molecule has 0 radical (unpaired) electrons. The Morgan fingerprint density at radius 3 is 2.66 bits per heavy atom. The van der Waals surface area contributed by atoms with Crippen molar-refractivity contribution in [2.24, 2.45) is 0 Å². The van der Waals surface area contributed by atoms with E-state index in [4.69, 9.17) is 4.98 Å². The van der Waals surface area contributed by atoms with Crippen LogP contribution in [0.3, 0.4) is 0 Å². The van der Waals surface area contributed by atoms with Gasteiger partial charge < -0.3 is 20.6 Å². The number of nitrogens with one attached hydrogen (secondary N) is 3. The third-order valence-electron chi connectivity index (χ3n) is 8.11. The molecule has 2 fully saturated rings. The van der Waals surface area contributed by atoms with Gasteiger partial charge in [0.2, 0.25) is 5.91 Å². The SMILES string of the molecule is CCNC(=O)Nc1nccn2c([C@@H]3CCC4CCC(=O)N4C3)nc(-c3ccc(C(O)Nc4cc(C(F)(F)F)ccn4)cc3)c12. The quantitative estimate of drug-likeness (QED) is 0.219. The van der Waals surface area contributed by atoms with E-state index in [9.17, 15) is 27.9 Å². The molecule has 0 spiro atoms. The van der Waals surface area contributed by atoms with Gasteiger partial charge in [0.15, 0.2) is 12.0 Å². The van der Waals surface area contributed by atoms with E-state index in [1.165, 1.54) is 0 Å². The highest BCUT2D eigenvalue weighted by molar-refractivity contribution is 5.96. The Morgan fingerprint density at radius 1 is 1.11 bits per heavy atom. The minimum Gasteiger partial charge on any atom is -0.369 e. The number of anilines is 2. The molecule has 2 aliphatic rings. The Kier molecular flexibility index (Phi) is 7.84. The molecule has 4 N–H and O–H groups in total. The number of imidazole rings is 1. The maximum Gasteiger partial charge on any atom is 0.416 e. The van der Waals surface area contributed by atoms with Crippen LogP contribution >= 0.6 is 0 Å². The zero-order valence-corrected chi connectivity index (χ0v) is 23.8. The van der Waals surface area contributed by atoms with Gasteiger partial charge in [-0.2, -0.15) is 13.2 Å². The highest BCUT2D eigenvalue weighted by Gasteiger charge is 2.38. The number of halogens is 3. The number of carbonyl (C=O) groups excluding carboxylic acids is 2. The topological polar surface area (TPSA) is 137 Å². The number of benzene rings is 1. The van der Waals surface area contributed by atoms with Crippen molar-refractivity contribution in [1.82, 2.24) is 29.6 Å². The van der Waals surface area contributed by atoms with Gasteiger partial charge in [0.25, 0.3) is 0 Å². The first kappa shape index (κ1) is 29.4. The number of aromatic nitrogens is 4. The minimum atomic E-state index is -4.54. The Morgan fingerprint density at radius 2 is 1.91 bits per heavy atom. The molecule has 230 valence electrons. The van der Waals surface area contributed by atoms with Gasteiger partial charge in [-0.25, -0.2) is 19.7 Å². The number of piperidine rings is 1. The number of alkyl halides is 3.